The molecular formula is C34H22N4. The van der Waals surface area contributed by atoms with Crippen molar-refractivity contribution >= 4 is 21.8 Å². The molecule has 0 radical (unpaired) electrons. The maximum absolute atomic E-state index is 5.05. The largest absolute Gasteiger partial charge is 0.278 e. The van der Waals surface area contributed by atoms with E-state index in [0.717, 1.165) is 28.6 Å². The minimum atomic E-state index is 0.624. The molecule has 2 heterocycles. The molecule has 8 rings (SSSR count). The molecular weight excluding hydrogens is 464 g/mol. The van der Waals surface area contributed by atoms with Crippen LogP contribution in [0.2, 0.25) is 0 Å². The van der Waals surface area contributed by atoms with E-state index in [9.17, 15) is 0 Å². The molecule has 38 heavy (non-hydrogen) atoms. The third kappa shape index (κ3) is 3.20. The van der Waals surface area contributed by atoms with E-state index in [1.54, 1.807) is 0 Å². The van der Waals surface area contributed by atoms with Crippen molar-refractivity contribution in [1.29, 1.82) is 0 Å². The van der Waals surface area contributed by atoms with Crippen LogP contribution in [0.15, 0.2) is 121 Å². The van der Waals surface area contributed by atoms with Crippen molar-refractivity contribution < 1.29 is 0 Å². The lowest BCUT2D eigenvalue weighted by molar-refractivity contribution is 0.953. The minimum Gasteiger partial charge on any atom is -0.278 e. The van der Waals surface area contributed by atoms with Crippen molar-refractivity contribution in [2.75, 3.05) is 0 Å². The van der Waals surface area contributed by atoms with Crippen molar-refractivity contribution in [2.45, 2.75) is 6.42 Å². The fourth-order valence-electron chi connectivity index (χ4n) is 5.71. The molecule has 178 valence electrons. The third-order valence-electron chi connectivity index (χ3n) is 7.47. The molecule has 0 fully saturated rings. The van der Waals surface area contributed by atoms with Gasteiger partial charge < -0.3 is 0 Å². The van der Waals surface area contributed by atoms with Crippen molar-refractivity contribution in [3.63, 3.8) is 0 Å². The summed E-state index contributed by atoms with van der Waals surface area (Å²) in [6.07, 6.45) is 0.935. The predicted octanol–water partition coefficient (Wildman–Crippen LogP) is 7.87. The number of hydrogen-bond acceptors (Lipinski definition) is 3. The highest BCUT2D eigenvalue weighted by Gasteiger charge is 2.23. The normalized spacial score (nSPS) is 12.1. The van der Waals surface area contributed by atoms with Crippen LogP contribution in [0.1, 0.15) is 11.1 Å². The summed E-state index contributed by atoms with van der Waals surface area (Å²) < 4.78 is 2.20. The lowest BCUT2D eigenvalue weighted by Gasteiger charge is -2.11. The van der Waals surface area contributed by atoms with E-state index in [0.29, 0.717) is 17.6 Å². The summed E-state index contributed by atoms with van der Waals surface area (Å²) in [6, 6.07) is 42.2. The zero-order valence-electron chi connectivity index (χ0n) is 20.5. The van der Waals surface area contributed by atoms with Crippen LogP contribution in [-0.2, 0) is 6.42 Å². The summed E-state index contributed by atoms with van der Waals surface area (Å²) in [5.41, 5.74) is 9.49. The van der Waals surface area contributed by atoms with Crippen LogP contribution < -0.4 is 0 Å². The number of benzene rings is 5. The number of rotatable bonds is 3. The Morgan fingerprint density at radius 3 is 1.84 bits per heavy atom. The molecule has 0 atom stereocenters. The second-order valence-electron chi connectivity index (χ2n) is 9.73. The van der Waals surface area contributed by atoms with Crippen LogP contribution in [0.3, 0.4) is 0 Å². The van der Waals surface area contributed by atoms with Gasteiger partial charge in [-0.1, -0.05) is 103 Å². The smallest absolute Gasteiger partial charge is 0.238 e. The molecule has 2 aromatic heterocycles. The summed E-state index contributed by atoms with van der Waals surface area (Å²) in [7, 11) is 0. The number of para-hydroxylation sites is 1. The first-order valence-corrected chi connectivity index (χ1v) is 12.9. The fourth-order valence-corrected chi connectivity index (χ4v) is 5.71. The molecule has 7 aromatic rings. The van der Waals surface area contributed by atoms with Gasteiger partial charge in [-0.3, -0.25) is 4.57 Å². The highest BCUT2D eigenvalue weighted by atomic mass is 15.2. The van der Waals surface area contributed by atoms with Gasteiger partial charge in [0.05, 0.1) is 11.0 Å². The number of hydrogen-bond donors (Lipinski definition) is 0. The molecule has 4 heteroatoms. The van der Waals surface area contributed by atoms with E-state index < -0.39 is 0 Å². The van der Waals surface area contributed by atoms with Gasteiger partial charge in [-0.25, -0.2) is 4.98 Å². The first kappa shape index (κ1) is 21.0. The zero-order valence-corrected chi connectivity index (χ0v) is 20.5. The average Bonchev–Trinajstić information content (AvgIpc) is 3.51. The standard InChI is InChI=1S/C34H22N4/c1-3-11-22(12-4-1)32-35-33(23-13-5-2-6-14-23)37-34(36-32)38-30-18-10-9-17-27(30)29-21-28-25(20-31(29)38)19-24-15-7-8-16-26(24)28/h1-18,20-21H,19H2. The van der Waals surface area contributed by atoms with Crippen LogP contribution in [0.25, 0.3) is 61.7 Å². The van der Waals surface area contributed by atoms with E-state index in [1.165, 1.54) is 33.0 Å². The Kier molecular flexibility index (Phi) is 4.55. The van der Waals surface area contributed by atoms with E-state index >= 15 is 0 Å². The van der Waals surface area contributed by atoms with Gasteiger partial charge in [-0.05, 0) is 46.9 Å². The molecule has 0 aliphatic heterocycles. The van der Waals surface area contributed by atoms with E-state index in [2.05, 4.69) is 65.2 Å². The Morgan fingerprint density at radius 2 is 1.11 bits per heavy atom. The van der Waals surface area contributed by atoms with Crippen LogP contribution in [-0.4, -0.2) is 19.5 Å². The van der Waals surface area contributed by atoms with Crippen molar-refractivity contribution in [3.8, 4) is 39.9 Å². The highest BCUT2D eigenvalue weighted by molar-refractivity contribution is 6.11. The van der Waals surface area contributed by atoms with Crippen molar-refractivity contribution in [2.24, 2.45) is 0 Å². The van der Waals surface area contributed by atoms with Gasteiger partial charge in [-0.15, -0.1) is 0 Å². The SMILES string of the molecule is c1ccc(-c2nc(-c3ccccc3)nc(-n3c4ccccc4c4cc5c(cc43)Cc3ccccc3-5)n2)cc1. The van der Waals surface area contributed by atoms with Gasteiger partial charge in [0.25, 0.3) is 0 Å². The molecule has 0 N–H and O–H groups in total. The molecule has 0 saturated heterocycles. The lowest BCUT2D eigenvalue weighted by atomic mass is 10.0. The van der Waals surface area contributed by atoms with Gasteiger partial charge >= 0.3 is 0 Å². The Morgan fingerprint density at radius 1 is 0.474 bits per heavy atom. The van der Waals surface area contributed by atoms with Crippen LogP contribution in [0, 0.1) is 0 Å². The summed E-state index contributed by atoms with van der Waals surface area (Å²) in [6.45, 7) is 0. The maximum Gasteiger partial charge on any atom is 0.238 e. The summed E-state index contributed by atoms with van der Waals surface area (Å²) in [4.78, 5) is 15.0. The lowest BCUT2D eigenvalue weighted by Crippen LogP contribution is -2.06. The molecule has 5 aromatic carbocycles. The Hall–Kier alpha value is -5.09. The molecule has 1 aliphatic carbocycles. The summed E-state index contributed by atoms with van der Waals surface area (Å²) in [5, 5.41) is 2.40. The van der Waals surface area contributed by atoms with E-state index in [4.69, 9.17) is 15.0 Å². The minimum absolute atomic E-state index is 0.624. The summed E-state index contributed by atoms with van der Waals surface area (Å²) >= 11 is 0. The Bertz CT molecular complexity index is 1930. The van der Waals surface area contributed by atoms with Gasteiger partial charge in [0.15, 0.2) is 11.6 Å². The predicted molar refractivity (Wildman–Crippen MR) is 153 cm³/mol. The maximum atomic E-state index is 5.05. The molecule has 1 aliphatic rings. The second-order valence-corrected chi connectivity index (χ2v) is 9.73. The highest BCUT2D eigenvalue weighted by Crippen LogP contribution is 2.42. The molecule has 0 bridgehead atoms. The Labute approximate surface area is 219 Å². The summed E-state index contributed by atoms with van der Waals surface area (Å²) in [5.74, 6) is 1.95. The van der Waals surface area contributed by atoms with E-state index in [-0.39, 0.29) is 0 Å². The number of fused-ring (bicyclic) bond motifs is 6. The first-order chi connectivity index (χ1) is 18.8. The zero-order chi connectivity index (χ0) is 25.1. The Balaban J connectivity index is 1.44. The van der Waals surface area contributed by atoms with Crippen LogP contribution >= 0.6 is 0 Å². The average molecular weight is 487 g/mol. The van der Waals surface area contributed by atoms with E-state index in [1.807, 2.05) is 60.7 Å². The first-order valence-electron chi connectivity index (χ1n) is 12.9. The van der Waals surface area contributed by atoms with Gasteiger partial charge in [0, 0.05) is 21.9 Å². The molecule has 0 spiro atoms. The van der Waals surface area contributed by atoms with Gasteiger partial charge in [-0.2, -0.15) is 9.97 Å². The van der Waals surface area contributed by atoms with Crippen LogP contribution in [0.5, 0.6) is 0 Å². The second kappa shape index (κ2) is 8.22. The third-order valence-corrected chi connectivity index (χ3v) is 7.47. The monoisotopic (exact) mass is 486 g/mol. The molecule has 4 nitrogen and oxygen atoms in total. The number of nitrogens with zero attached hydrogens (tertiary/aromatic N) is 4. The quantitative estimate of drug-likeness (QED) is 0.255. The van der Waals surface area contributed by atoms with Crippen molar-refractivity contribution in [1.82, 2.24) is 19.5 Å². The van der Waals surface area contributed by atoms with Gasteiger partial charge in [0.2, 0.25) is 5.95 Å². The van der Waals surface area contributed by atoms with Crippen LogP contribution in [0.4, 0.5) is 0 Å². The molecule has 0 saturated carbocycles. The molecule has 0 unspecified atom stereocenters. The fraction of sp³-hybridized carbons (Fsp3) is 0.0294. The van der Waals surface area contributed by atoms with Gasteiger partial charge in [0.1, 0.15) is 0 Å². The topological polar surface area (TPSA) is 43.6 Å². The molecule has 0 amide bonds. The van der Waals surface area contributed by atoms with Crippen molar-refractivity contribution in [3.05, 3.63) is 132 Å². The number of aromatic nitrogens is 4.